The highest BCUT2D eigenvalue weighted by Gasteiger charge is 2.21. The van der Waals surface area contributed by atoms with Crippen LogP contribution in [0.25, 0.3) is 11.1 Å². The third kappa shape index (κ3) is 4.79. The molecule has 25 heavy (non-hydrogen) atoms. The van der Waals surface area contributed by atoms with Crippen LogP contribution < -0.4 is 10.6 Å². The molecule has 3 rings (SSSR count). The van der Waals surface area contributed by atoms with Gasteiger partial charge in [0, 0.05) is 18.4 Å². The monoisotopic (exact) mass is 339 g/mol. The van der Waals surface area contributed by atoms with Gasteiger partial charge in [0.15, 0.2) is 0 Å². The van der Waals surface area contributed by atoms with Crippen molar-refractivity contribution in [3.63, 3.8) is 0 Å². The first-order chi connectivity index (χ1) is 12.1. The quantitative estimate of drug-likeness (QED) is 0.799. The zero-order chi connectivity index (χ0) is 17.6. The Hall–Kier alpha value is -2.40. The number of rotatable bonds is 4. The molecule has 3 N–H and O–H groups in total. The zero-order valence-electron chi connectivity index (χ0n) is 14.5. The van der Waals surface area contributed by atoms with Crippen molar-refractivity contribution >= 4 is 6.03 Å². The SMILES string of the molecule is CC(NC(=O)NC1CCC(O)CC1)c1ccc(-c2ccncc2)cc1. The number of carbonyl (C=O) groups excluding carboxylic acids is 1. The Bertz CT molecular complexity index is 680. The van der Waals surface area contributed by atoms with Crippen molar-refractivity contribution < 1.29 is 9.90 Å². The van der Waals surface area contributed by atoms with E-state index < -0.39 is 0 Å². The minimum atomic E-state index is -0.209. The predicted octanol–water partition coefficient (Wildman–Crippen LogP) is 3.41. The van der Waals surface area contributed by atoms with Gasteiger partial charge in [0.1, 0.15) is 0 Å². The minimum Gasteiger partial charge on any atom is -0.393 e. The van der Waals surface area contributed by atoms with Gasteiger partial charge in [0.05, 0.1) is 12.1 Å². The van der Waals surface area contributed by atoms with Crippen LogP contribution in [0.2, 0.25) is 0 Å². The molecule has 1 unspecified atom stereocenters. The van der Waals surface area contributed by atoms with Crippen molar-refractivity contribution in [2.45, 2.75) is 50.8 Å². The lowest BCUT2D eigenvalue weighted by molar-refractivity contribution is 0.117. The van der Waals surface area contributed by atoms with E-state index in [9.17, 15) is 9.90 Å². The molecule has 1 heterocycles. The molecule has 1 aliphatic carbocycles. The molecular weight excluding hydrogens is 314 g/mol. The largest absolute Gasteiger partial charge is 0.393 e. The first kappa shape index (κ1) is 17.4. The molecule has 5 heteroatoms. The molecule has 0 saturated heterocycles. The lowest BCUT2D eigenvalue weighted by Gasteiger charge is -2.27. The smallest absolute Gasteiger partial charge is 0.315 e. The van der Waals surface area contributed by atoms with Crippen LogP contribution in [0.4, 0.5) is 4.79 Å². The van der Waals surface area contributed by atoms with E-state index in [-0.39, 0.29) is 24.2 Å². The second-order valence-corrected chi connectivity index (χ2v) is 6.70. The van der Waals surface area contributed by atoms with Gasteiger partial charge in [-0.1, -0.05) is 24.3 Å². The number of pyridine rings is 1. The number of hydrogen-bond donors (Lipinski definition) is 3. The second-order valence-electron chi connectivity index (χ2n) is 6.70. The maximum Gasteiger partial charge on any atom is 0.315 e. The van der Waals surface area contributed by atoms with Crippen LogP contribution in [0.3, 0.4) is 0 Å². The Morgan fingerprint density at radius 1 is 1.04 bits per heavy atom. The normalized spacial score (nSPS) is 21.4. The van der Waals surface area contributed by atoms with Gasteiger partial charge in [0.2, 0.25) is 0 Å². The highest BCUT2D eigenvalue weighted by atomic mass is 16.3. The van der Waals surface area contributed by atoms with E-state index in [1.807, 2.05) is 31.2 Å². The molecule has 1 fully saturated rings. The van der Waals surface area contributed by atoms with Crippen LogP contribution in [0.5, 0.6) is 0 Å². The van der Waals surface area contributed by atoms with E-state index in [4.69, 9.17) is 0 Å². The van der Waals surface area contributed by atoms with Crippen LogP contribution in [-0.2, 0) is 0 Å². The first-order valence-corrected chi connectivity index (χ1v) is 8.87. The summed E-state index contributed by atoms with van der Waals surface area (Å²) in [6.07, 6.45) is 6.55. The summed E-state index contributed by atoms with van der Waals surface area (Å²) in [4.78, 5) is 16.2. The second kappa shape index (κ2) is 8.12. The fourth-order valence-electron chi connectivity index (χ4n) is 3.24. The van der Waals surface area contributed by atoms with Crippen LogP contribution >= 0.6 is 0 Å². The molecule has 2 aromatic rings. The van der Waals surface area contributed by atoms with Gasteiger partial charge >= 0.3 is 6.03 Å². The van der Waals surface area contributed by atoms with Crippen molar-refractivity contribution in [3.05, 3.63) is 54.4 Å². The summed E-state index contributed by atoms with van der Waals surface area (Å²) < 4.78 is 0. The molecule has 0 spiro atoms. The first-order valence-electron chi connectivity index (χ1n) is 8.87. The Morgan fingerprint density at radius 3 is 2.28 bits per heavy atom. The Balaban J connectivity index is 1.54. The fourth-order valence-corrected chi connectivity index (χ4v) is 3.24. The van der Waals surface area contributed by atoms with Crippen molar-refractivity contribution in [1.82, 2.24) is 15.6 Å². The summed E-state index contributed by atoms with van der Waals surface area (Å²) >= 11 is 0. The number of urea groups is 1. The number of aliphatic hydroxyl groups is 1. The summed E-state index contributed by atoms with van der Waals surface area (Å²) in [5, 5.41) is 15.5. The van der Waals surface area contributed by atoms with E-state index in [2.05, 4.69) is 27.8 Å². The van der Waals surface area contributed by atoms with E-state index >= 15 is 0 Å². The van der Waals surface area contributed by atoms with Crippen molar-refractivity contribution in [3.8, 4) is 11.1 Å². The van der Waals surface area contributed by atoms with Crippen LogP contribution in [0, 0.1) is 0 Å². The van der Waals surface area contributed by atoms with E-state index in [0.717, 1.165) is 42.4 Å². The van der Waals surface area contributed by atoms with Gasteiger partial charge in [-0.05, 0) is 61.4 Å². The van der Waals surface area contributed by atoms with Gasteiger partial charge < -0.3 is 15.7 Å². The average Bonchev–Trinajstić information content (AvgIpc) is 2.64. The molecule has 132 valence electrons. The Kier molecular flexibility index (Phi) is 5.66. The maximum absolute atomic E-state index is 12.2. The number of amides is 2. The summed E-state index contributed by atoms with van der Waals surface area (Å²) in [6, 6.07) is 12.1. The van der Waals surface area contributed by atoms with Crippen LogP contribution in [0.15, 0.2) is 48.8 Å². The third-order valence-corrected chi connectivity index (χ3v) is 4.80. The number of nitrogens with zero attached hydrogens (tertiary/aromatic N) is 1. The number of carbonyl (C=O) groups is 1. The van der Waals surface area contributed by atoms with Crippen LogP contribution in [0.1, 0.15) is 44.2 Å². The number of hydrogen-bond acceptors (Lipinski definition) is 3. The molecule has 0 aliphatic heterocycles. The molecule has 0 bridgehead atoms. The van der Waals surface area contributed by atoms with Crippen molar-refractivity contribution in [2.24, 2.45) is 0 Å². The van der Waals surface area contributed by atoms with Gasteiger partial charge in [0.25, 0.3) is 0 Å². The maximum atomic E-state index is 12.2. The number of aliphatic hydroxyl groups excluding tert-OH is 1. The topological polar surface area (TPSA) is 74.2 Å². The molecule has 1 aromatic carbocycles. The lowest BCUT2D eigenvalue weighted by Crippen LogP contribution is -2.44. The molecule has 1 aromatic heterocycles. The fraction of sp³-hybridized carbons (Fsp3) is 0.400. The number of nitrogens with one attached hydrogen (secondary N) is 2. The Morgan fingerprint density at radius 2 is 1.64 bits per heavy atom. The summed E-state index contributed by atoms with van der Waals surface area (Å²) in [5.41, 5.74) is 3.31. The van der Waals surface area contributed by atoms with Crippen LogP contribution in [-0.4, -0.2) is 28.3 Å². The van der Waals surface area contributed by atoms with Crippen molar-refractivity contribution in [1.29, 1.82) is 0 Å². The molecule has 5 nitrogen and oxygen atoms in total. The highest BCUT2D eigenvalue weighted by molar-refractivity contribution is 5.74. The van der Waals surface area contributed by atoms with Gasteiger partial charge in [-0.15, -0.1) is 0 Å². The predicted molar refractivity (Wildman–Crippen MR) is 98.0 cm³/mol. The molecule has 2 amide bonds. The van der Waals surface area contributed by atoms with Gasteiger partial charge in [-0.25, -0.2) is 4.79 Å². The zero-order valence-corrected chi connectivity index (χ0v) is 14.5. The molecule has 1 atom stereocenters. The third-order valence-electron chi connectivity index (χ3n) is 4.80. The molecule has 0 radical (unpaired) electrons. The number of benzene rings is 1. The molecular formula is C20H25N3O2. The number of aromatic nitrogens is 1. The molecule has 1 saturated carbocycles. The van der Waals surface area contributed by atoms with E-state index in [1.54, 1.807) is 12.4 Å². The van der Waals surface area contributed by atoms with Crippen molar-refractivity contribution in [2.75, 3.05) is 0 Å². The summed E-state index contributed by atoms with van der Waals surface area (Å²) in [5.74, 6) is 0. The molecule has 1 aliphatic rings. The lowest BCUT2D eigenvalue weighted by atomic mass is 9.93. The van der Waals surface area contributed by atoms with E-state index in [0.29, 0.717) is 0 Å². The standard InChI is InChI=1S/C20H25N3O2/c1-14(22-20(25)23-18-6-8-19(24)9-7-18)15-2-4-16(5-3-15)17-10-12-21-13-11-17/h2-5,10-14,18-19,24H,6-9H2,1H3,(H2,22,23,25). The Labute approximate surface area is 148 Å². The highest BCUT2D eigenvalue weighted by Crippen LogP contribution is 2.22. The summed E-state index contributed by atoms with van der Waals surface area (Å²) in [7, 11) is 0. The summed E-state index contributed by atoms with van der Waals surface area (Å²) in [6.45, 7) is 1.98. The van der Waals surface area contributed by atoms with E-state index in [1.165, 1.54) is 0 Å². The van der Waals surface area contributed by atoms with Gasteiger partial charge in [-0.3, -0.25) is 4.98 Å². The minimum absolute atomic E-state index is 0.0688. The average molecular weight is 339 g/mol. The van der Waals surface area contributed by atoms with Gasteiger partial charge in [-0.2, -0.15) is 0 Å².